The van der Waals surface area contributed by atoms with E-state index in [-0.39, 0.29) is 18.2 Å². The third kappa shape index (κ3) is 3.04. The van der Waals surface area contributed by atoms with Crippen molar-refractivity contribution in [1.29, 1.82) is 0 Å². The topological polar surface area (TPSA) is 46.2 Å². The molecule has 0 heterocycles. The number of nitrogens with one attached hydrogen (secondary N) is 1. The number of ketones is 1. The first-order valence-electron chi connectivity index (χ1n) is 7.09. The molecular formula is C19H15NO2. The molecular weight excluding hydrogens is 274 g/mol. The van der Waals surface area contributed by atoms with Gasteiger partial charge in [-0.05, 0) is 29.0 Å². The van der Waals surface area contributed by atoms with Crippen molar-refractivity contribution in [2.24, 2.45) is 0 Å². The molecule has 3 aromatic rings. The van der Waals surface area contributed by atoms with Crippen LogP contribution in [0.4, 0.5) is 0 Å². The van der Waals surface area contributed by atoms with Gasteiger partial charge < -0.3 is 5.32 Å². The summed E-state index contributed by atoms with van der Waals surface area (Å²) in [6.45, 7) is -0.00787. The van der Waals surface area contributed by atoms with Crippen LogP contribution in [-0.4, -0.2) is 18.2 Å². The Labute approximate surface area is 128 Å². The number of hydrogen-bond donors (Lipinski definition) is 1. The monoisotopic (exact) mass is 289 g/mol. The summed E-state index contributed by atoms with van der Waals surface area (Å²) in [5.74, 6) is -0.343. The molecule has 0 aliphatic carbocycles. The quantitative estimate of drug-likeness (QED) is 0.748. The fourth-order valence-electron chi connectivity index (χ4n) is 2.32. The Morgan fingerprint density at radius 3 is 2.18 bits per heavy atom. The van der Waals surface area contributed by atoms with Gasteiger partial charge >= 0.3 is 0 Å². The maximum atomic E-state index is 12.2. The predicted molar refractivity (Wildman–Crippen MR) is 87.1 cm³/mol. The van der Waals surface area contributed by atoms with Gasteiger partial charge in [0.05, 0.1) is 6.54 Å². The van der Waals surface area contributed by atoms with Crippen LogP contribution in [0.25, 0.3) is 10.8 Å². The van der Waals surface area contributed by atoms with Crippen LogP contribution < -0.4 is 5.32 Å². The Morgan fingerprint density at radius 1 is 0.727 bits per heavy atom. The number of Topliss-reactive ketones (excluding diaryl/α,β-unsaturated/α-hetero) is 1. The second-order valence-corrected chi connectivity index (χ2v) is 5.03. The molecule has 108 valence electrons. The van der Waals surface area contributed by atoms with Gasteiger partial charge in [-0.25, -0.2) is 0 Å². The highest BCUT2D eigenvalue weighted by Crippen LogP contribution is 2.15. The molecule has 0 atom stereocenters. The van der Waals surface area contributed by atoms with E-state index in [0.29, 0.717) is 11.1 Å². The number of carbonyl (C=O) groups is 2. The van der Waals surface area contributed by atoms with Crippen molar-refractivity contribution in [2.75, 3.05) is 6.54 Å². The molecule has 1 amide bonds. The lowest BCUT2D eigenvalue weighted by Gasteiger charge is -2.06. The van der Waals surface area contributed by atoms with Crippen molar-refractivity contribution in [1.82, 2.24) is 5.32 Å². The van der Waals surface area contributed by atoms with Crippen molar-refractivity contribution in [3.05, 3.63) is 83.9 Å². The molecule has 1 N–H and O–H groups in total. The summed E-state index contributed by atoms with van der Waals surface area (Å²) in [6, 6.07) is 22.3. The third-order valence-corrected chi connectivity index (χ3v) is 3.52. The van der Waals surface area contributed by atoms with Crippen molar-refractivity contribution < 1.29 is 9.59 Å². The van der Waals surface area contributed by atoms with Crippen LogP contribution in [0.3, 0.4) is 0 Å². The molecule has 0 bridgehead atoms. The van der Waals surface area contributed by atoms with Crippen LogP contribution in [0.1, 0.15) is 20.7 Å². The SMILES string of the molecule is O=C(CNC(=O)c1ccccc1)c1ccc2ccccc2c1. The highest BCUT2D eigenvalue weighted by molar-refractivity contribution is 6.04. The molecule has 3 aromatic carbocycles. The zero-order valence-corrected chi connectivity index (χ0v) is 12.0. The summed E-state index contributed by atoms with van der Waals surface area (Å²) in [5.41, 5.74) is 1.15. The van der Waals surface area contributed by atoms with E-state index in [9.17, 15) is 9.59 Å². The van der Waals surface area contributed by atoms with Crippen LogP contribution in [0, 0.1) is 0 Å². The van der Waals surface area contributed by atoms with Gasteiger partial charge in [-0.2, -0.15) is 0 Å². The van der Waals surface area contributed by atoms with Crippen LogP contribution in [0.2, 0.25) is 0 Å². The molecule has 3 rings (SSSR count). The fraction of sp³-hybridized carbons (Fsp3) is 0.0526. The van der Waals surface area contributed by atoms with Gasteiger partial charge in [0.1, 0.15) is 0 Å². The zero-order chi connectivity index (χ0) is 15.4. The largest absolute Gasteiger partial charge is 0.345 e. The van der Waals surface area contributed by atoms with E-state index in [1.165, 1.54) is 0 Å². The lowest BCUT2D eigenvalue weighted by molar-refractivity contribution is 0.0904. The van der Waals surface area contributed by atoms with Crippen molar-refractivity contribution in [3.63, 3.8) is 0 Å². The van der Waals surface area contributed by atoms with Gasteiger partial charge in [-0.1, -0.05) is 54.6 Å². The van der Waals surface area contributed by atoms with E-state index in [4.69, 9.17) is 0 Å². The first kappa shape index (κ1) is 14.0. The molecule has 0 saturated heterocycles. The summed E-state index contributed by atoms with van der Waals surface area (Å²) in [5, 5.41) is 4.76. The molecule has 0 unspecified atom stereocenters. The first-order valence-corrected chi connectivity index (χ1v) is 7.09. The molecule has 3 nitrogen and oxygen atoms in total. The Hall–Kier alpha value is -2.94. The number of rotatable bonds is 4. The summed E-state index contributed by atoms with van der Waals surface area (Å²) < 4.78 is 0. The van der Waals surface area contributed by atoms with Crippen molar-refractivity contribution >= 4 is 22.5 Å². The number of hydrogen-bond acceptors (Lipinski definition) is 2. The standard InChI is InChI=1S/C19H15NO2/c21-18(13-20-19(22)15-7-2-1-3-8-15)17-11-10-14-6-4-5-9-16(14)12-17/h1-12H,13H2,(H,20,22). The van der Waals surface area contributed by atoms with Gasteiger partial charge in [-0.15, -0.1) is 0 Å². The van der Waals surface area contributed by atoms with Crippen molar-refractivity contribution in [3.8, 4) is 0 Å². The summed E-state index contributed by atoms with van der Waals surface area (Å²) in [6.07, 6.45) is 0. The van der Waals surface area contributed by atoms with Crippen LogP contribution in [-0.2, 0) is 0 Å². The molecule has 0 spiro atoms. The number of carbonyl (C=O) groups excluding carboxylic acids is 2. The Bertz CT molecular complexity index is 825. The van der Waals surface area contributed by atoms with Crippen LogP contribution in [0.15, 0.2) is 72.8 Å². The highest BCUT2D eigenvalue weighted by Gasteiger charge is 2.10. The molecule has 0 radical (unpaired) electrons. The maximum absolute atomic E-state index is 12.2. The average Bonchev–Trinajstić information content (AvgIpc) is 2.59. The number of benzene rings is 3. The molecule has 3 heteroatoms. The smallest absolute Gasteiger partial charge is 0.251 e. The summed E-state index contributed by atoms with van der Waals surface area (Å²) in [7, 11) is 0. The van der Waals surface area contributed by atoms with E-state index in [1.807, 2.05) is 42.5 Å². The Kier molecular flexibility index (Phi) is 3.97. The zero-order valence-electron chi connectivity index (χ0n) is 12.0. The minimum absolute atomic E-state index is 0.00787. The summed E-state index contributed by atoms with van der Waals surface area (Å²) >= 11 is 0. The Balaban J connectivity index is 1.69. The van der Waals surface area contributed by atoms with E-state index >= 15 is 0 Å². The van der Waals surface area contributed by atoms with Gasteiger partial charge in [0, 0.05) is 11.1 Å². The molecule has 22 heavy (non-hydrogen) atoms. The van der Waals surface area contributed by atoms with E-state index in [1.54, 1.807) is 30.3 Å². The lowest BCUT2D eigenvalue weighted by Crippen LogP contribution is -2.29. The fourth-order valence-corrected chi connectivity index (χ4v) is 2.32. The van der Waals surface area contributed by atoms with Gasteiger partial charge in [0.2, 0.25) is 0 Å². The maximum Gasteiger partial charge on any atom is 0.251 e. The van der Waals surface area contributed by atoms with Gasteiger partial charge in [0.25, 0.3) is 5.91 Å². The van der Waals surface area contributed by atoms with E-state index < -0.39 is 0 Å². The molecule has 0 saturated carbocycles. The second-order valence-electron chi connectivity index (χ2n) is 5.03. The second kappa shape index (κ2) is 6.22. The van der Waals surface area contributed by atoms with Crippen LogP contribution >= 0.6 is 0 Å². The van der Waals surface area contributed by atoms with Crippen molar-refractivity contribution in [2.45, 2.75) is 0 Å². The number of amides is 1. The summed E-state index contributed by atoms with van der Waals surface area (Å²) in [4.78, 5) is 24.1. The normalized spacial score (nSPS) is 10.4. The average molecular weight is 289 g/mol. The highest BCUT2D eigenvalue weighted by atomic mass is 16.2. The minimum atomic E-state index is -0.241. The molecule has 0 aromatic heterocycles. The molecule has 0 aliphatic rings. The Morgan fingerprint density at radius 2 is 1.41 bits per heavy atom. The molecule has 0 aliphatic heterocycles. The third-order valence-electron chi connectivity index (χ3n) is 3.52. The van der Waals surface area contributed by atoms with Gasteiger partial charge in [0.15, 0.2) is 5.78 Å². The molecule has 0 fully saturated rings. The lowest BCUT2D eigenvalue weighted by atomic mass is 10.0. The van der Waals surface area contributed by atoms with Gasteiger partial charge in [-0.3, -0.25) is 9.59 Å². The van der Waals surface area contributed by atoms with E-state index in [0.717, 1.165) is 10.8 Å². The predicted octanol–water partition coefficient (Wildman–Crippen LogP) is 3.45. The van der Waals surface area contributed by atoms with E-state index in [2.05, 4.69) is 5.32 Å². The number of fused-ring (bicyclic) bond motifs is 1. The van der Waals surface area contributed by atoms with Crippen LogP contribution in [0.5, 0.6) is 0 Å². The first-order chi connectivity index (χ1) is 10.7. The minimum Gasteiger partial charge on any atom is -0.345 e.